The summed E-state index contributed by atoms with van der Waals surface area (Å²) in [5.41, 5.74) is 0.237. The van der Waals surface area contributed by atoms with Gasteiger partial charge in [0.05, 0.1) is 5.56 Å². The average Bonchev–Trinajstić information content (AvgIpc) is 3.30. The number of aromatic nitrogens is 1. The van der Waals surface area contributed by atoms with Crippen molar-refractivity contribution in [2.75, 3.05) is 44.2 Å². The van der Waals surface area contributed by atoms with Crippen molar-refractivity contribution in [3.05, 3.63) is 59.8 Å². The molecule has 2 aliphatic rings. The summed E-state index contributed by atoms with van der Waals surface area (Å²) in [6.45, 7) is 4.10. The van der Waals surface area contributed by atoms with Crippen LogP contribution >= 0.6 is 0 Å². The van der Waals surface area contributed by atoms with Gasteiger partial charge in [0.1, 0.15) is 11.9 Å². The van der Waals surface area contributed by atoms with E-state index < -0.39 is 11.7 Å². The number of amides is 1. The Labute approximate surface area is 174 Å². The number of alkyl halides is 3. The molecule has 1 aromatic carbocycles. The van der Waals surface area contributed by atoms with Crippen molar-refractivity contribution in [2.45, 2.75) is 25.1 Å². The number of likely N-dealkylation sites (tertiary alicyclic amines) is 1. The van der Waals surface area contributed by atoms with E-state index in [9.17, 15) is 18.0 Å². The van der Waals surface area contributed by atoms with E-state index in [4.69, 9.17) is 0 Å². The van der Waals surface area contributed by atoms with Crippen molar-refractivity contribution >= 4 is 11.7 Å². The lowest BCUT2D eigenvalue weighted by molar-refractivity contribution is -0.138. The number of anilines is 1. The molecule has 1 aromatic heterocycles. The number of piperazine rings is 1. The monoisotopic (exact) mass is 418 g/mol. The van der Waals surface area contributed by atoms with Crippen LogP contribution in [0.15, 0.2) is 48.7 Å². The number of carbonyl (C=O) groups excluding carboxylic acids is 1. The number of nitrogens with zero attached hydrogens (tertiary/aromatic N) is 4. The van der Waals surface area contributed by atoms with Crippen LogP contribution in [0.1, 0.15) is 30.0 Å². The van der Waals surface area contributed by atoms with E-state index in [0.29, 0.717) is 32.0 Å². The summed E-state index contributed by atoms with van der Waals surface area (Å²) in [5.74, 6) is 0.671. The molecule has 0 bridgehead atoms. The average molecular weight is 418 g/mol. The van der Waals surface area contributed by atoms with Gasteiger partial charge in [0.2, 0.25) is 5.91 Å². The van der Waals surface area contributed by atoms with Crippen molar-refractivity contribution < 1.29 is 18.0 Å². The highest BCUT2D eigenvalue weighted by atomic mass is 19.4. The summed E-state index contributed by atoms with van der Waals surface area (Å²) in [4.78, 5) is 23.4. The van der Waals surface area contributed by atoms with E-state index in [1.807, 2.05) is 40.1 Å². The van der Waals surface area contributed by atoms with Gasteiger partial charge >= 0.3 is 6.18 Å². The highest BCUT2D eigenvalue weighted by Crippen LogP contribution is 2.30. The van der Waals surface area contributed by atoms with Crippen molar-refractivity contribution in [2.24, 2.45) is 0 Å². The molecule has 160 valence electrons. The first-order valence-electron chi connectivity index (χ1n) is 10.3. The highest BCUT2D eigenvalue weighted by molar-refractivity contribution is 5.83. The van der Waals surface area contributed by atoms with E-state index in [1.54, 1.807) is 0 Å². The van der Waals surface area contributed by atoms with Crippen molar-refractivity contribution in [1.29, 1.82) is 0 Å². The summed E-state index contributed by atoms with van der Waals surface area (Å²) in [6, 6.07) is 12.0. The van der Waals surface area contributed by atoms with Crippen LogP contribution in [0.2, 0.25) is 0 Å². The maximum absolute atomic E-state index is 13.3. The molecule has 1 atom stereocenters. The molecule has 0 unspecified atom stereocenters. The fourth-order valence-corrected chi connectivity index (χ4v) is 4.21. The zero-order valence-electron chi connectivity index (χ0n) is 16.7. The number of hydrogen-bond acceptors (Lipinski definition) is 4. The van der Waals surface area contributed by atoms with Gasteiger partial charge < -0.3 is 9.80 Å². The summed E-state index contributed by atoms with van der Waals surface area (Å²) < 4.78 is 38.3. The maximum Gasteiger partial charge on any atom is 0.417 e. The van der Waals surface area contributed by atoms with Crippen LogP contribution in [0, 0.1) is 0 Å². The molecule has 0 aliphatic carbocycles. The van der Waals surface area contributed by atoms with Gasteiger partial charge in [-0.05, 0) is 30.5 Å². The molecule has 0 N–H and O–H groups in total. The Bertz CT molecular complexity index is 843. The van der Waals surface area contributed by atoms with Gasteiger partial charge in [-0.1, -0.05) is 30.3 Å². The summed E-state index contributed by atoms with van der Waals surface area (Å²) in [5, 5.41) is 0. The summed E-state index contributed by atoms with van der Waals surface area (Å²) in [6.07, 6.45) is -1.42. The molecule has 0 saturated carbocycles. The lowest BCUT2D eigenvalue weighted by Crippen LogP contribution is -2.51. The zero-order valence-corrected chi connectivity index (χ0v) is 16.7. The number of pyridine rings is 1. The Balaban J connectivity index is 1.46. The van der Waals surface area contributed by atoms with Crippen LogP contribution in [0.25, 0.3) is 0 Å². The SMILES string of the molecule is O=C([C@@H](c1ccccc1)N1CCN(c2ccc(C(F)(F)F)cn2)CC1)N1CCCC1. The van der Waals surface area contributed by atoms with E-state index >= 15 is 0 Å². The van der Waals surface area contributed by atoms with Crippen molar-refractivity contribution in [1.82, 2.24) is 14.8 Å². The predicted molar refractivity (Wildman–Crippen MR) is 108 cm³/mol. The number of rotatable bonds is 4. The molecule has 30 heavy (non-hydrogen) atoms. The van der Waals surface area contributed by atoms with Crippen LogP contribution in [0.3, 0.4) is 0 Å². The smallest absolute Gasteiger partial charge is 0.354 e. The minimum atomic E-state index is -4.39. The maximum atomic E-state index is 13.3. The van der Waals surface area contributed by atoms with Gasteiger partial charge in [0, 0.05) is 45.5 Å². The zero-order chi connectivity index (χ0) is 21.1. The van der Waals surface area contributed by atoms with Gasteiger partial charge in [-0.15, -0.1) is 0 Å². The third-order valence-corrected chi connectivity index (χ3v) is 5.85. The van der Waals surface area contributed by atoms with Gasteiger partial charge in [-0.3, -0.25) is 9.69 Å². The van der Waals surface area contributed by atoms with Gasteiger partial charge in [-0.25, -0.2) is 4.98 Å². The number of benzene rings is 1. The van der Waals surface area contributed by atoms with Gasteiger partial charge in [0.25, 0.3) is 0 Å². The Hall–Kier alpha value is -2.61. The lowest BCUT2D eigenvalue weighted by Gasteiger charge is -2.40. The van der Waals surface area contributed by atoms with E-state index in [-0.39, 0.29) is 11.9 Å². The summed E-state index contributed by atoms with van der Waals surface area (Å²) in [7, 11) is 0. The Morgan fingerprint density at radius 2 is 1.57 bits per heavy atom. The summed E-state index contributed by atoms with van der Waals surface area (Å²) >= 11 is 0. The van der Waals surface area contributed by atoms with Crippen LogP contribution in [0.4, 0.5) is 19.0 Å². The molecular formula is C22H25F3N4O. The number of halogens is 3. The Morgan fingerprint density at radius 3 is 2.13 bits per heavy atom. The highest BCUT2D eigenvalue weighted by Gasteiger charge is 2.35. The quantitative estimate of drug-likeness (QED) is 0.761. The minimum Gasteiger partial charge on any atom is -0.354 e. The molecule has 2 fully saturated rings. The fraction of sp³-hybridized carbons (Fsp3) is 0.455. The molecule has 1 amide bonds. The third kappa shape index (κ3) is 4.43. The van der Waals surface area contributed by atoms with Gasteiger partial charge in [0.15, 0.2) is 0 Å². The van der Waals surface area contributed by atoms with E-state index in [0.717, 1.165) is 43.8 Å². The van der Waals surface area contributed by atoms with Crippen molar-refractivity contribution in [3.8, 4) is 0 Å². The predicted octanol–water partition coefficient (Wildman–Crippen LogP) is 3.59. The molecule has 5 nitrogen and oxygen atoms in total. The first-order valence-corrected chi connectivity index (χ1v) is 10.3. The lowest BCUT2D eigenvalue weighted by atomic mass is 10.0. The molecule has 0 radical (unpaired) electrons. The molecule has 0 spiro atoms. The number of carbonyl (C=O) groups is 1. The molecule has 4 rings (SSSR count). The van der Waals surface area contributed by atoms with Crippen molar-refractivity contribution in [3.63, 3.8) is 0 Å². The van der Waals surface area contributed by atoms with Crippen LogP contribution in [0.5, 0.6) is 0 Å². The van der Waals surface area contributed by atoms with Crippen LogP contribution < -0.4 is 4.90 Å². The molecule has 3 heterocycles. The molecule has 2 saturated heterocycles. The first-order chi connectivity index (χ1) is 14.4. The van der Waals surface area contributed by atoms with E-state index in [1.165, 1.54) is 6.07 Å². The second-order valence-corrected chi connectivity index (χ2v) is 7.77. The van der Waals surface area contributed by atoms with E-state index in [2.05, 4.69) is 9.88 Å². The molecule has 8 heteroatoms. The second kappa shape index (κ2) is 8.63. The standard InChI is InChI=1S/C22H25F3N4O/c23-22(24,25)18-8-9-19(26-16-18)27-12-14-28(15-13-27)20(17-6-2-1-3-7-17)21(30)29-10-4-5-11-29/h1-3,6-9,16,20H,4-5,10-15H2/t20-/m1/s1. The van der Waals surface area contributed by atoms with Crippen LogP contribution in [-0.2, 0) is 11.0 Å². The molecular weight excluding hydrogens is 393 g/mol. The molecule has 2 aliphatic heterocycles. The van der Waals surface area contributed by atoms with Crippen LogP contribution in [-0.4, -0.2) is 60.0 Å². The molecule has 2 aromatic rings. The third-order valence-electron chi connectivity index (χ3n) is 5.85. The van der Waals surface area contributed by atoms with Gasteiger partial charge in [-0.2, -0.15) is 13.2 Å². The fourth-order valence-electron chi connectivity index (χ4n) is 4.21. The normalized spacial score (nSPS) is 19.2. The topological polar surface area (TPSA) is 39.7 Å². The minimum absolute atomic E-state index is 0.139. The first kappa shape index (κ1) is 20.7. The Kier molecular flexibility index (Phi) is 5.94. The Morgan fingerprint density at radius 1 is 0.900 bits per heavy atom. The largest absolute Gasteiger partial charge is 0.417 e. The second-order valence-electron chi connectivity index (χ2n) is 7.77. The number of hydrogen-bond donors (Lipinski definition) is 0.